The largest absolute Gasteiger partial charge is 0.378 e. The van der Waals surface area contributed by atoms with Crippen molar-refractivity contribution in [1.29, 1.82) is 0 Å². The molecule has 4 rings (SSSR count). The van der Waals surface area contributed by atoms with Crippen molar-refractivity contribution in [2.45, 2.75) is 20.0 Å². The second-order valence-corrected chi connectivity index (χ2v) is 7.58. The summed E-state index contributed by atoms with van der Waals surface area (Å²) in [4.78, 5) is 32.1. The molecule has 2 amide bonds. The number of carbonyl (C=O) groups is 1. The Labute approximate surface area is 173 Å². The maximum atomic E-state index is 13.3. The molecule has 1 fully saturated rings. The van der Waals surface area contributed by atoms with Crippen LogP contribution in [0.3, 0.4) is 0 Å². The molecule has 2 heterocycles. The lowest BCUT2D eigenvalue weighted by Gasteiger charge is -2.33. The highest BCUT2D eigenvalue weighted by Gasteiger charge is 2.24. The molecule has 1 aliphatic heterocycles. The molecule has 7 heteroatoms. The van der Waals surface area contributed by atoms with E-state index in [1.54, 1.807) is 21.9 Å². The van der Waals surface area contributed by atoms with Crippen LogP contribution in [-0.2, 0) is 17.8 Å². The van der Waals surface area contributed by atoms with Crippen LogP contribution in [-0.4, -0.2) is 47.1 Å². The molecule has 30 heavy (non-hydrogen) atoms. The van der Waals surface area contributed by atoms with Gasteiger partial charge in [-0.2, -0.15) is 0 Å². The van der Waals surface area contributed by atoms with Gasteiger partial charge in [0.2, 0.25) is 0 Å². The van der Waals surface area contributed by atoms with Crippen LogP contribution in [0.4, 0.5) is 9.18 Å². The third-order valence-electron chi connectivity index (χ3n) is 5.28. The Bertz CT molecular complexity index is 1100. The van der Waals surface area contributed by atoms with Crippen molar-refractivity contribution in [1.82, 2.24) is 14.8 Å². The molecule has 0 spiro atoms. The van der Waals surface area contributed by atoms with Crippen molar-refractivity contribution >= 4 is 16.9 Å². The summed E-state index contributed by atoms with van der Waals surface area (Å²) < 4.78 is 18.7. The summed E-state index contributed by atoms with van der Waals surface area (Å²) in [7, 11) is 0. The van der Waals surface area contributed by atoms with Gasteiger partial charge >= 0.3 is 6.03 Å². The van der Waals surface area contributed by atoms with Crippen molar-refractivity contribution in [3.05, 3.63) is 81.4 Å². The van der Waals surface area contributed by atoms with Crippen molar-refractivity contribution in [3.63, 3.8) is 0 Å². The van der Waals surface area contributed by atoms with Gasteiger partial charge in [0, 0.05) is 30.7 Å². The number of fused-ring (bicyclic) bond motifs is 1. The van der Waals surface area contributed by atoms with Crippen molar-refractivity contribution in [2.24, 2.45) is 0 Å². The lowest BCUT2D eigenvalue weighted by molar-refractivity contribution is 0.0418. The number of H-pyrrole nitrogens is 1. The fraction of sp³-hybridized carbons (Fsp3) is 0.304. The highest BCUT2D eigenvalue weighted by Crippen LogP contribution is 2.17. The number of ether oxygens (including phenoxy) is 1. The average Bonchev–Trinajstić information content (AvgIpc) is 2.75. The molecule has 1 aliphatic rings. The van der Waals surface area contributed by atoms with E-state index in [0.29, 0.717) is 31.9 Å². The molecule has 0 atom stereocenters. The predicted octanol–water partition coefficient (Wildman–Crippen LogP) is 3.43. The number of amides is 2. The Morgan fingerprint density at radius 3 is 2.57 bits per heavy atom. The van der Waals surface area contributed by atoms with E-state index in [0.717, 1.165) is 22.0 Å². The minimum Gasteiger partial charge on any atom is -0.378 e. The Kier molecular flexibility index (Phi) is 5.81. The van der Waals surface area contributed by atoms with E-state index in [1.165, 1.54) is 12.1 Å². The Morgan fingerprint density at radius 1 is 1.10 bits per heavy atom. The number of nitrogens with zero attached hydrogens (tertiary/aromatic N) is 2. The first kappa shape index (κ1) is 20.1. The number of hydrogen-bond acceptors (Lipinski definition) is 3. The predicted molar refractivity (Wildman–Crippen MR) is 113 cm³/mol. The zero-order chi connectivity index (χ0) is 21.1. The molecular formula is C23H24FN3O3. The number of rotatable bonds is 4. The second kappa shape index (κ2) is 8.67. The standard InChI is InChI=1S/C23H24FN3O3/c1-16-2-7-21-18(12-16)13-19(22(28)25-21)15-27(14-17-3-5-20(24)6-4-17)23(29)26-8-10-30-11-9-26/h2-7,12-13H,8-11,14-15H2,1H3,(H,25,28). The van der Waals surface area contributed by atoms with E-state index in [2.05, 4.69) is 4.98 Å². The maximum Gasteiger partial charge on any atom is 0.320 e. The summed E-state index contributed by atoms with van der Waals surface area (Å²) in [5.41, 5.74) is 2.94. The molecule has 2 aromatic carbocycles. The molecule has 6 nitrogen and oxygen atoms in total. The highest BCUT2D eigenvalue weighted by atomic mass is 19.1. The monoisotopic (exact) mass is 409 g/mol. The topological polar surface area (TPSA) is 65.6 Å². The Morgan fingerprint density at radius 2 is 1.83 bits per heavy atom. The van der Waals surface area contributed by atoms with E-state index in [1.807, 2.05) is 31.2 Å². The van der Waals surface area contributed by atoms with Crippen LogP contribution in [0.25, 0.3) is 10.9 Å². The molecule has 156 valence electrons. The number of aromatic amines is 1. The summed E-state index contributed by atoms with van der Waals surface area (Å²) in [6, 6.07) is 13.6. The van der Waals surface area contributed by atoms with E-state index < -0.39 is 0 Å². The van der Waals surface area contributed by atoms with Crippen LogP contribution in [0, 0.1) is 12.7 Å². The van der Waals surface area contributed by atoms with Gasteiger partial charge in [-0.15, -0.1) is 0 Å². The quantitative estimate of drug-likeness (QED) is 0.718. The molecular weight excluding hydrogens is 385 g/mol. The van der Waals surface area contributed by atoms with Crippen LogP contribution in [0.5, 0.6) is 0 Å². The van der Waals surface area contributed by atoms with E-state index in [9.17, 15) is 14.0 Å². The van der Waals surface area contributed by atoms with Crippen LogP contribution in [0.2, 0.25) is 0 Å². The second-order valence-electron chi connectivity index (χ2n) is 7.58. The summed E-state index contributed by atoms with van der Waals surface area (Å²) in [6.45, 7) is 4.43. The first-order valence-electron chi connectivity index (χ1n) is 9.98. The number of aromatic nitrogens is 1. The van der Waals surface area contributed by atoms with E-state index >= 15 is 0 Å². The summed E-state index contributed by atoms with van der Waals surface area (Å²) >= 11 is 0. The molecule has 3 aromatic rings. The number of urea groups is 1. The molecule has 0 bridgehead atoms. The van der Waals surface area contributed by atoms with Gasteiger partial charge in [0.15, 0.2) is 0 Å². The van der Waals surface area contributed by atoms with Crippen LogP contribution in [0.15, 0.2) is 53.3 Å². The van der Waals surface area contributed by atoms with Crippen LogP contribution < -0.4 is 5.56 Å². The number of benzene rings is 2. The average molecular weight is 409 g/mol. The summed E-state index contributed by atoms with van der Waals surface area (Å²) in [5, 5.41) is 0.921. The number of carbonyl (C=O) groups excluding carboxylic acids is 1. The first-order chi connectivity index (χ1) is 14.5. The van der Waals surface area contributed by atoms with Gasteiger partial charge in [0.1, 0.15) is 5.82 Å². The van der Waals surface area contributed by atoms with E-state index in [4.69, 9.17) is 4.74 Å². The molecule has 0 radical (unpaired) electrons. The van der Waals surface area contributed by atoms with Gasteiger partial charge in [-0.3, -0.25) is 4.79 Å². The molecule has 0 unspecified atom stereocenters. The Balaban J connectivity index is 1.65. The van der Waals surface area contributed by atoms with Gasteiger partial charge in [-0.1, -0.05) is 23.8 Å². The zero-order valence-corrected chi connectivity index (χ0v) is 16.9. The van der Waals surface area contributed by atoms with Gasteiger partial charge in [0.05, 0.1) is 19.8 Å². The molecule has 0 saturated carbocycles. The van der Waals surface area contributed by atoms with Crippen molar-refractivity contribution < 1.29 is 13.9 Å². The van der Waals surface area contributed by atoms with E-state index in [-0.39, 0.29) is 30.5 Å². The van der Waals surface area contributed by atoms with Crippen molar-refractivity contribution in [2.75, 3.05) is 26.3 Å². The van der Waals surface area contributed by atoms with Crippen LogP contribution in [0.1, 0.15) is 16.7 Å². The summed E-state index contributed by atoms with van der Waals surface area (Å²) in [5.74, 6) is -0.328. The lowest BCUT2D eigenvalue weighted by Crippen LogP contribution is -2.48. The van der Waals surface area contributed by atoms with Gasteiger partial charge in [-0.25, -0.2) is 9.18 Å². The molecule has 1 aromatic heterocycles. The van der Waals surface area contributed by atoms with Gasteiger partial charge in [0.25, 0.3) is 5.56 Å². The van der Waals surface area contributed by atoms with Crippen LogP contribution >= 0.6 is 0 Å². The fourth-order valence-electron chi connectivity index (χ4n) is 3.65. The van der Waals surface area contributed by atoms with Crippen molar-refractivity contribution in [3.8, 4) is 0 Å². The molecule has 1 N–H and O–H groups in total. The third-order valence-corrected chi connectivity index (χ3v) is 5.28. The number of pyridine rings is 1. The third kappa shape index (κ3) is 4.52. The smallest absolute Gasteiger partial charge is 0.320 e. The maximum absolute atomic E-state index is 13.3. The first-order valence-corrected chi connectivity index (χ1v) is 9.98. The number of nitrogens with one attached hydrogen (secondary N) is 1. The number of hydrogen-bond donors (Lipinski definition) is 1. The number of halogens is 1. The lowest BCUT2D eigenvalue weighted by atomic mass is 10.1. The number of morpholine rings is 1. The SMILES string of the molecule is Cc1ccc2[nH]c(=O)c(CN(Cc3ccc(F)cc3)C(=O)N3CCOCC3)cc2c1. The van der Waals surface area contributed by atoms with Gasteiger partial charge in [-0.05, 0) is 48.2 Å². The zero-order valence-electron chi connectivity index (χ0n) is 16.9. The highest BCUT2D eigenvalue weighted by molar-refractivity contribution is 5.80. The minimum absolute atomic E-state index is 0.160. The number of aryl methyl sites for hydroxylation is 1. The minimum atomic E-state index is -0.328. The molecule has 1 saturated heterocycles. The molecule has 0 aliphatic carbocycles. The Hall–Kier alpha value is -3.19. The summed E-state index contributed by atoms with van der Waals surface area (Å²) in [6.07, 6.45) is 0. The fourth-order valence-corrected chi connectivity index (χ4v) is 3.65. The van der Waals surface area contributed by atoms with Gasteiger partial charge < -0.3 is 19.5 Å². The normalized spacial score (nSPS) is 14.1.